The smallest absolute Gasteiger partial charge is 0.222 e. The van der Waals surface area contributed by atoms with Gasteiger partial charge in [-0.2, -0.15) is 0 Å². The Bertz CT molecular complexity index is 256. The third kappa shape index (κ3) is 6.11. The average Bonchev–Trinajstić information content (AvgIpc) is 2.40. The molecule has 0 saturated heterocycles. The van der Waals surface area contributed by atoms with E-state index in [2.05, 4.69) is 0 Å². The number of halogens is 1. The van der Waals surface area contributed by atoms with Crippen molar-refractivity contribution in [1.29, 1.82) is 0 Å². The van der Waals surface area contributed by atoms with E-state index >= 15 is 0 Å². The summed E-state index contributed by atoms with van der Waals surface area (Å²) >= 11 is 0. The Kier molecular flexibility index (Phi) is 9.40. The van der Waals surface area contributed by atoms with Crippen LogP contribution in [-0.4, -0.2) is 44.7 Å². The molecule has 114 valence electrons. The molecule has 0 aliphatic heterocycles. The molecule has 0 radical (unpaired) electrons. The van der Waals surface area contributed by atoms with Crippen molar-refractivity contribution in [2.45, 2.75) is 44.9 Å². The first-order chi connectivity index (χ1) is 8.63. The normalized spacial score (nSPS) is 17.6. The van der Waals surface area contributed by atoms with Crippen molar-refractivity contribution in [2.75, 3.05) is 33.9 Å². The van der Waals surface area contributed by atoms with Crippen LogP contribution in [0.2, 0.25) is 0 Å². The van der Waals surface area contributed by atoms with Gasteiger partial charge < -0.3 is 15.4 Å². The van der Waals surface area contributed by atoms with Crippen LogP contribution in [0.5, 0.6) is 0 Å². The Balaban J connectivity index is 0.00000324. The highest BCUT2D eigenvalue weighted by atomic mass is 35.5. The zero-order valence-corrected chi connectivity index (χ0v) is 13.1. The Labute approximate surface area is 123 Å². The number of nitrogens with zero attached hydrogens (tertiary/aromatic N) is 1. The number of nitrogens with two attached hydrogens (primary N) is 1. The van der Waals surface area contributed by atoms with Gasteiger partial charge in [-0.3, -0.25) is 4.79 Å². The number of carbonyl (C=O) groups excluding carboxylic acids is 1. The predicted molar refractivity (Wildman–Crippen MR) is 80.6 cm³/mol. The van der Waals surface area contributed by atoms with Crippen molar-refractivity contribution in [3.05, 3.63) is 0 Å². The van der Waals surface area contributed by atoms with Crippen LogP contribution in [0, 0.1) is 5.41 Å². The standard InChI is InChI=1S/C14H28N2O2.ClH/c1-16(9-6-10-18-2)13(17)11-14(12-15)7-4-3-5-8-14;/h3-12,15H2,1-2H3;1H. The molecule has 19 heavy (non-hydrogen) atoms. The molecule has 1 saturated carbocycles. The molecule has 0 aromatic rings. The minimum Gasteiger partial charge on any atom is -0.385 e. The number of ether oxygens (including phenoxy) is 1. The highest BCUT2D eigenvalue weighted by Gasteiger charge is 2.33. The molecule has 1 aliphatic rings. The van der Waals surface area contributed by atoms with Gasteiger partial charge in [0.2, 0.25) is 5.91 Å². The molecular weight excluding hydrogens is 264 g/mol. The number of rotatable bonds is 7. The van der Waals surface area contributed by atoms with E-state index in [4.69, 9.17) is 10.5 Å². The molecule has 0 atom stereocenters. The molecule has 0 heterocycles. The second-order valence-electron chi connectivity index (χ2n) is 5.60. The van der Waals surface area contributed by atoms with Gasteiger partial charge in [0, 0.05) is 33.7 Å². The van der Waals surface area contributed by atoms with Gasteiger partial charge in [-0.1, -0.05) is 19.3 Å². The summed E-state index contributed by atoms with van der Waals surface area (Å²) in [6, 6.07) is 0. The van der Waals surface area contributed by atoms with Crippen LogP contribution in [0.15, 0.2) is 0 Å². The summed E-state index contributed by atoms with van der Waals surface area (Å²) in [5, 5.41) is 0. The van der Waals surface area contributed by atoms with Crippen LogP contribution in [0.4, 0.5) is 0 Å². The van der Waals surface area contributed by atoms with Gasteiger partial charge in [0.15, 0.2) is 0 Å². The first kappa shape index (κ1) is 18.7. The van der Waals surface area contributed by atoms with Gasteiger partial charge in [0.25, 0.3) is 0 Å². The summed E-state index contributed by atoms with van der Waals surface area (Å²) in [6.07, 6.45) is 7.47. The molecule has 1 aliphatic carbocycles. The number of methoxy groups -OCH3 is 1. The average molecular weight is 293 g/mol. The highest BCUT2D eigenvalue weighted by Crippen LogP contribution is 2.38. The third-order valence-corrected chi connectivity index (χ3v) is 4.14. The van der Waals surface area contributed by atoms with E-state index < -0.39 is 0 Å². The number of hydrogen-bond donors (Lipinski definition) is 1. The Hall–Kier alpha value is -0.320. The van der Waals surface area contributed by atoms with Crippen LogP contribution < -0.4 is 5.73 Å². The van der Waals surface area contributed by atoms with E-state index in [-0.39, 0.29) is 23.7 Å². The van der Waals surface area contributed by atoms with Crippen molar-refractivity contribution >= 4 is 18.3 Å². The lowest BCUT2D eigenvalue weighted by Crippen LogP contribution is -2.39. The molecular formula is C14H29ClN2O2. The van der Waals surface area contributed by atoms with E-state index in [9.17, 15) is 4.79 Å². The molecule has 0 aromatic carbocycles. The fourth-order valence-electron chi connectivity index (χ4n) is 2.78. The molecule has 0 aromatic heterocycles. The van der Waals surface area contributed by atoms with Crippen molar-refractivity contribution in [3.63, 3.8) is 0 Å². The number of carbonyl (C=O) groups is 1. The maximum Gasteiger partial charge on any atom is 0.222 e. The van der Waals surface area contributed by atoms with Crippen molar-refractivity contribution in [1.82, 2.24) is 4.90 Å². The van der Waals surface area contributed by atoms with Gasteiger partial charge in [0.05, 0.1) is 0 Å². The lowest BCUT2D eigenvalue weighted by atomic mass is 9.71. The summed E-state index contributed by atoms with van der Waals surface area (Å²) in [7, 11) is 3.57. The summed E-state index contributed by atoms with van der Waals surface area (Å²) in [5.41, 5.74) is 5.99. The quantitative estimate of drug-likeness (QED) is 0.732. The van der Waals surface area contributed by atoms with E-state index in [1.807, 2.05) is 11.9 Å². The number of hydrogen-bond acceptors (Lipinski definition) is 3. The summed E-state index contributed by atoms with van der Waals surface area (Å²) < 4.78 is 5.00. The molecule has 0 bridgehead atoms. The molecule has 1 amide bonds. The lowest BCUT2D eigenvalue weighted by Gasteiger charge is -2.36. The molecule has 0 unspecified atom stereocenters. The van der Waals surface area contributed by atoms with Crippen molar-refractivity contribution in [3.8, 4) is 0 Å². The van der Waals surface area contributed by atoms with Crippen LogP contribution in [0.25, 0.3) is 0 Å². The summed E-state index contributed by atoms with van der Waals surface area (Å²) in [4.78, 5) is 14.0. The first-order valence-electron chi connectivity index (χ1n) is 7.06. The number of amides is 1. The summed E-state index contributed by atoms with van der Waals surface area (Å²) in [5.74, 6) is 0.235. The Morgan fingerprint density at radius 2 is 1.95 bits per heavy atom. The molecule has 4 nitrogen and oxygen atoms in total. The van der Waals surface area contributed by atoms with Gasteiger partial charge in [-0.05, 0) is 31.2 Å². The third-order valence-electron chi connectivity index (χ3n) is 4.14. The topological polar surface area (TPSA) is 55.6 Å². The highest BCUT2D eigenvalue weighted by molar-refractivity contribution is 5.85. The molecule has 1 rings (SSSR count). The SMILES string of the molecule is COCCCN(C)C(=O)CC1(CN)CCCCC1.Cl. The van der Waals surface area contributed by atoms with E-state index in [0.29, 0.717) is 19.6 Å². The zero-order valence-electron chi connectivity index (χ0n) is 12.3. The van der Waals surface area contributed by atoms with E-state index in [1.165, 1.54) is 19.3 Å². The van der Waals surface area contributed by atoms with E-state index in [0.717, 1.165) is 25.8 Å². The zero-order chi connectivity index (χ0) is 13.4. The molecule has 1 fully saturated rings. The minimum absolute atomic E-state index is 0. The van der Waals surface area contributed by atoms with Gasteiger partial charge >= 0.3 is 0 Å². The molecule has 5 heteroatoms. The van der Waals surface area contributed by atoms with Gasteiger partial charge in [-0.15, -0.1) is 12.4 Å². The van der Waals surface area contributed by atoms with Crippen molar-refractivity contribution < 1.29 is 9.53 Å². The van der Waals surface area contributed by atoms with E-state index in [1.54, 1.807) is 7.11 Å². The van der Waals surface area contributed by atoms with Gasteiger partial charge in [0.1, 0.15) is 0 Å². The van der Waals surface area contributed by atoms with Crippen LogP contribution in [0.1, 0.15) is 44.9 Å². The lowest BCUT2D eigenvalue weighted by molar-refractivity contribution is -0.133. The first-order valence-corrected chi connectivity index (χ1v) is 7.06. The molecule has 2 N–H and O–H groups in total. The Morgan fingerprint density at radius 1 is 1.32 bits per heavy atom. The maximum atomic E-state index is 12.2. The van der Waals surface area contributed by atoms with Crippen LogP contribution in [0.3, 0.4) is 0 Å². The predicted octanol–water partition coefficient (Wildman–Crippen LogP) is 2.20. The maximum absolute atomic E-state index is 12.2. The fraction of sp³-hybridized carbons (Fsp3) is 0.929. The second kappa shape index (κ2) is 9.56. The fourth-order valence-corrected chi connectivity index (χ4v) is 2.78. The van der Waals surface area contributed by atoms with Crippen LogP contribution in [-0.2, 0) is 9.53 Å². The second-order valence-corrected chi connectivity index (χ2v) is 5.60. The minimum atomic E-state index is 0. The Morgan fingerprint density at radius 3 is 2.47 bits per heavy atom. The molecule has 0 spiro atoms. The van der Waals surface area contributed by atoms with Crippen molar-refractivity contribution in [2.24, 2.45) is 11.1 Å². The van der Waals surface area contributed by atoms with Gasteiger partial charge in [-0.25, -0.2) is 0 Å². The van der Waals surface area contributed by atoms with Crippen LogP contribution >= 0.6 is 12.4 Å². The summed E-state index contributed by atoms with van der Waals surface area (Å²) in [6.45, 7) is 2.12. The largest absolute Gasteiger partial charge is 0.385 e. The monoisotopic (exact) mass is 292 g/mol.